The average Bonchev–Trinajstić information content (AvgIpc) is 3.56. The van der Waals surface area contributed by atoms with Crippen molar-refractivity contribution in [2.45, 2.75) is 57.1 Å². The highest BCUT2D eigenvalue weighted by atomic mass is 79.9. The maximum Gasteiger partial charge on any atom is 0.410 e. The number of nitrogens with zero attached hydrogens (tertiary/aromatic N) is 3. The maximum absolute atomic E-state index is 13.2. The normalized spacial score (nSPS) is 21.1. The second-order valence-electron chi connectivity index (χ2n) is 9.32. The van der Waals surface area contributed by atoms with Gasteiger partial charge in [0.25, 0.3) is 0 Å². The number of hydrogen-bond donors (Lipinski definition) is 0. The Kier molecular flexibility index (Phi) is 8.11. The Balaban J connectivity index is 1.22. The van der Waals surface area contributed by atoms with Crippen LogP contribution in [-0.2, 0) is 32.3 Å². The van der Waals surface area contributed by atoms with Gasteiger partial charge in [0.1, 0.15) is 17.3 Å². The Morgan fingerprint density at radius 3 is 2.68 bits per heavy atom. The number of carbonyl (C=O) groups is 2. The molecule has 8 nitrogen and oxygen atoms in total. The molecule has 3 heterocycles. The zero-order valence-corrected chi connectivity index (χ0v) is 21.9. The number of amides is 1. The van der Waals surface area contributed by atoms with E-state index in [2.05, 4.69) is 26.1 Å². The van der Waals surface area contributed by atoms with Gasteiger partial charge in [-0.2, -0.15) is 0 Å². The molecular weight excluding hydrogens is 538 g/mol. The van der Waals surface area contributed by atoms with Crippen molar-refractivity contribution < 1.29 is 23.9 Å². The second kappa shape index (κ2) is 11.8. The molecule has 3 atom stereocenters. The summed E-state index contributed by atoms with van der Waals surface area (Å²) in [7, 11) is 0. The molecular formula is C28H28BrN3O5. The molecule has 0 spiro atoms. The molecule has 0 N–H and O–H groups in total. The molecule has 1 saturated heterocycles. The number of ketones is 1. The van der Waals surface area contributed by atoms with Gasteiger partial charge in [-0.25, -0.2) is 4.79 Å². The van der Waals surface area contributed by atoms with Crippen molar-refractivity contribution in [1.82, 2.24) is 9.88 Å². The lowest BCUT2D eigenvalue weighted by Gasteiger charge is -2.23. The van der Waals surface area contributed by atoms with E-state index in [0.29, 0.717) is 32.4 Å². The van der Waals surface area contributed by atoms with Crippen LogP contribution in [0.2, 0.25) is 0 Å². The highest BCUT2D eigenvalue weighted by molar-refractivity contribution is 9.18. The molecule has 9 heteroatoms. The molecule has 0 unspecified atom stereocenters. The van der Waals surface area contributed by atoms with Crippen LogP contribution >= 0.6 is 15.9 Å². The van der Waals surface area contributed by atoms with E-state index in [1.165, 1.54) is 4.90 Å². The average molecular weight is 566 g/mol. The first kappa shape index (κ1) is 25.4. The lowest BCUT2D eigenvalue weighted by Crippen LogP contribution is -2.41. The van der Waals surface area contributed by atoms with E-state index in [1.54, 1.807) is 6.20 Å². The molecule has 5 rings (SSSR count). The van der Waals surface area contributed by atoms with Gasteiger partial charge in [0.15, 0.2) is 5.78 Å². The zero-order valence-electron chi connectivity index (χ0n) is 20.3. The van der Waals surface area contributed by atoms with Crippen LogP contribution < -0.4 is 0 Å². The molecule has 0 saturated carbocycles. The lowest BCUT2D eigenvalue weighted by molar-refractivity contribution is -0.123. The van der Waals surface area contributed by atoms with Crippen molar-refractivity contribution in [3.05, 3.63) is 78.0 Å². The Bertz CT molecular complexity index is 1290. The number of benzene rings is 2. The third-order valence-electron chi connectivity index (χ3n) is 6.62. The summed E-state index contributed by atoms with van der Waals surface area (Å²) in [5.41, 5.74) is 2.71. The predicted molar refractivity (Wildman–Crippen MR) is 142 cm³/mol. The SMILES string of the molecule is O=C(CC[C@@H]1CC(Br)=NO1)[C@@H]1C[C@@H](OCc2ccccc2)CN1C(=O)OCc1cnc2ccccc2c1. The van der Waals surface area contributed by atoms with Gasteiger partial charge in [-0.05, 0) is 40.0 Å². The van der Waals surface area contributed by atoms with Crippen LogP contribution in [0.25, 0.3) is 10.9 Å². The minimum Gasteiger partial charge on any atom is -0.444 e. The molecule has 3 aromatic rings. The van der Waals surface area contributed by atoms with Gasteiger partial charge < -0.3 is 14.3 Å². The number of fused-ring (bicyclic) bond motifs is 1. The van der Waals surface area contributed by atoms with E-state index in [-0.39, 0.29) is 31.0 Å². The fraction of sp³-hybridized carbons (Fsp3) is 0.357. The molecule has 0 bridgehead atoms. The van der Waals surface area contributed by atoms with Crippen molar-refractivity contribution in [3.63, 3.8) is 0 Å². The molecule has 0 radical (unpaired) electrons. The summed E-state index contributed by atoms with van der Waals surface area (Å²) in [6.07, 6.45) is 2.69. The van der Waals surface area contributed by atoms with Gasteiger partial charge in [0.05, 0.1) is 30.8 Å². The smallest absolute Gasteiger partial charge is 0.410 e. The molecule has 0 aliphatic carbocycles. The van der Waals surface area contributed by atoms with Crippen molar-refractivity contribution >= 4 is 43.3 Å². The van der Waals surface area contributed by atoms with Crippen LogP contribution in [0.15, 0.2) is 72.0 Å². The minimum atomic E-state index is -0.603. The summed E-state index contributed by atoms with van der Waals surface area (Å²) >= 11 is 3.32. The fourth-order valence-corrected chi connectivity index (χ4v) is 5.10. The van der Waals surface area contributed by atoms with Crippen LogP contribution in [0.5, 0.6) is 0 Å². The molecule has 1 fully saturated rings. The minimum absolute atomic E-state index is 0.0262. The highest BCUT2D eigenvalue weighted by Crippen LogP contribution is 2.26. The highest BCUT2D eigenvalue weighted by Gasteiger charge is 2.41. The number of Topliss-reactive ketones (excluding diaryl/α,β-unsaturated/α-hetero) is 1. The number of pyridine rings is 1. The number of hydrogen-bond acceptors (Lipinski definition) is 7. The largest absolute Gasteiger partial charge is 0.444 e. The number of likely N-dealkylation sites (tertiary alicyclic amines) is 1. The quantitative estimate of drug-likeness (QED) is 0.346. The number of rotatable bonds is 9. The predicted octanol–water partition coefficient (Wildman–Crippen LogP) is 5.38. The van der Waals surface area contributed by atoms with E-state index in [9.17, 15) is 9.59 Å². The third-order valence-corrected chi connectivity index (χ3v) is 7.08. The van der Waals surface area contributed by atoms with E-state index < -0.39 is 12.1 Å². The number of para-hydroxylation sites is 1. The summed E-state index contributed by atoms with van der Waals surface area (Å²) < 4.78 is 12.5. The number of aromatic nitrogens is 1. The summed E-state index contributed by atoms with van der Waals surface area (Å²) in [6, 6.07) is 19.0. The summed E-state index contributed by atoms with van der Waals surface area (Å²) in [5, 5.41) is 4.86. The monoisotopic (exact) mass is 565 g/mol. The zero-order chi connectivity index (χ0) is 25.6. The molecule has 2 aliphatic rings. The van der Waals surface area contributed by atoms with Crippen LogP contribution in [0.1, 0.15) is 36.8 Å². The Morgan fingerprint density at radius 2 is 1.86 bits per heavy atom. The van der Waals surface area contributed by atoms with Crippen LogP contribution in [-0.4, -0.2) is 51.2 Å². The second-order valence-corrected chi connectivity index (χ2v) is 10.2. The molecule has 1 aromatic heterocycles. The number of halogens is 1. The van der Waals surface area contributed by atoms with E-state index in [0.717, 1.165) is 26.7 Å². The number of oxime groups is 1. The molecule has 37 heavy (non-hydrogen) atoms. The van der Waals surface area contributed by atoms with Gasteiger partial charge in [0, 0.05) is 36.4 Å². The van der Waals surface area contributed by atoms with Gasteiger partial charge in [0.2, 0.25) is 0 Å². The molecule has 2 aliphatic heterocycles. The Labute approximate surface area is 223 Å². The fourth-order valence-electron chi connectivity index (χ4n) is 4.66. The van der Waals surface area contributed by atoms with E-state index in [1.807, 2.05) is 60.7 Å². The first-order chi connectivity index (χ1) is 18.0. The van der Waals surface area contributed by atoms with Gasteiger partial charge in [-0.3, -0.25) is 14.7 Å². The maximum atomic E-state index is 13.2. The topological polar surface area (TPSA) is 90.3 Å². The lowest BCUT2D eigenvalue weighted by atomic mass is 10.0. The first-order valence-corrected chi connectivity index (χ1v) is 13.2. The van der Waals surface area contributed by atoms with Crippen LogP contribution in [0.3, 0.4) is 0 Å². The first-order valence-electron chi connectivity index (χ1n) is 12.4. The summed E-state index contributed by atoms with van der Waals surface area (Å²) in [4.78, 5) is 37.6. The summed E-state index contributed by atoms with van der Waals surface area (Å²) in [5.74, 6) is -0.0262. The van der Waals surface area contributed by atoms with Crippen molar-refractivity contribution in [2.24, 2.45) is 5.16 Å². The Morgan fingerprint density at radius 1 is 1.05 bits per heavy atom. The standard InChI is InChI=1S/C28H28BrN3O5/c29-27-14-22(37-31-27)10-11-26(33)25-13-23(35-17-19-6-2-1-3-7-19)16-32(25)28(34)36-18-20-12-21-8-4-5-9-24(21)30-15-20/h1-9,12,15,22-23,25H,10-11,13-14,16-18H2/t22-,23-,25+/m1/s1. The van der Waals surface area contributed by atoms with E-state index >= 15 is 0 Å². The van der Waals surface area contributed by atoms with Gasteiger partial charge >= 0.3 is 6.09 Å². The third kappa shape index (κ3) is 6.53. The van der Waals surface area contributed by atoms with Gasteiger partial charge in [-0.15, -0.1) is 0 Å². The Hall–Kier alpha value is -3.30. The van der Waals surface area contributed by atoms with Crippen LogP contribution in [0.4, 0.5) is 4.79 Å². The summed E-state index contributed by atoms with van der Waals surface area (Å²) in [6.45, 7) is 0.789. The molecule has 2 aromatic carbocycles. The van der Waals surface area contributed by atoms with Crippen molar-refractivity contribution in [2.75, 3.05) is 6.54 Å². The number of carbonyl (C=O) groups excluding carboxylic acids is 2. The number of ether oxygens (including phenoxy) is 2. The molecule has 192 valence electrons. The van der Waals surface area contributed by atoms with Gasteiger partial charge in [-0.1, -0.05) is 53.7 Å². The van der Waals surface area contributed by atoms with Crippen molar-refractivity contribution in [3.8, 4) is 0 Å². The van der Waals surface area contributed by atoms with Crippen LogP contribution in [0, 0.1) is 0 Å². The molecule has 1 amide bonds. The van der Waals surface area contributed by atoms with Crippen molar-refractivity contribution in [1.29, 1.82) is 0 Å². The van der Waals surface area contributed by atoms with E-state index in [4.69, 9.17) is 14.3 Å².